The third-order valence-corrected chi connectivity index (χ3v) is 5.94. The van der Waals surface area contributed by atoms with Crippen molar-refractivity contribution in [3.8, 4) is 0 Å². The lowest BCUT2D eigenvalue weighted by atomic mass is 9.99. The maximum atomic E-state index is 9.48. The highest BCUT2D eigenvalue weighted by molar-refractivity contribution is 7.07. The van der Waals surface area contributed by atoms with Gasteiger partial charge >= 0.3 is 0 Å². The topological polar surface area (TPSA) is 61.7 Å². The Bertz CT molecular complexity index is 711. The van der Waals surface area contributed by atoms with Crippen LogP contribution >= 0.6 is 11.3 Å². The van der Waals surface area contributed by atoms with Crippen LogP contribution in [0.4, 0.5) is 11.6 Å². The van der Waals surface area contributed by atoms with Gasteiger partial charge in [-0.25, -0.2) is 9.97 Å². The van der Waals surface area contributed by atoms with Gasteiger partial charge in [0.05, 0.1) is 6.10 Å². The van der Waals surface area contributed by atoms with Gasteiger partial charge in [-0.2, -0.15) is 11.3 Å². The quantitative estimate of drug-likeness (QED) is 0.888. The van der Waals surface area contributed by atoms with E-state index in [0.717, 1.165) is 50.7 Å². The molecule has 2 aliphatic rings. The predicted octanol–water partition coefficient (Wildman–Crippen LogP) is 2.71. The Morgan fingerprint density at radius 3 is 2.85 bits per heavy atom. The van der Waals surface area contributed by atoms with Crippen LogP contribution in [0, 0.1) is 5.92 Å². The highest BCUT2D eigenvalue weighted by Gasteiger charge is 2.28. The molecule has 1 N–H and O–H groups in total. The molecule has 2 fully saturated rings. The van der Waals surface area contributed by atoms with Crippen LogP contribution in [0.3, 0.4) is 0 Å². The van der Waals surface area contributed by atoms with Gasteiger partial charge in [0.1, 0.15) is 24.1 Å². The third-order valence-electron chi connectivity index (χ3n) is 5.24. The van der Waals surface area contributed by atoms with E-state index in [2.05, 4.69) is 49.6 Å². The summed E-state index contributed by atoms with van der Waals surface area (Å²) in [6.07, 6.45) is 4.08. The number of nitrogens with zero attached hydrogens (tertiary/aromatic N) is 4. The van der Waals surface area contributed by atoms with Crippen LogP contribution in [0.25, 0.3) is 0 Å². The van der Waals surface area contributed by atoms with E-state index in [9.17, 15) is 5.11 Å². The van der Waals surface area contributed by atoms with Gasteiger partial charge in [0.25, 0.3) is 0 Å². The minimum atomic E-state index is 0.0807. The largest absolute Gasteiger partial charge is 0.396 e. The molecule has 0 aliphatic carbocycles. The summed E-state index contributed by atoms with van der Waals surface area (Å²) in [5, 5.41) is 13.7. The molecule has 4 heterocycles. The average molecular weight is 375 g/mol. The summed E-state index contributed by atoms with van der Waals surface area (Å²) in [5.74, 6) is 2.25. The van der Waals surface area contributed by atoms with Crippen molar-refractivity contribution in [3.05, 3.63) is 34.8 Å². The van der Waals surface area contributed by atoms with Crippen LogP contribution in [0.1, 0.15) is 31.4 Å². The Hall–Kier alpha value is -1.70. The van der Waals surface area contributed by atoms with Gasteiger partial charge in [-0.05, 0) is 48.1 Å². The molecule has 0 aromatic carbocycles. The van der Waals surface area contributed by atoms with Crippen molar-refractivity contribution in [2.24, 2.45) is 5.92 Å². The highest BCUT2D eigenvalue weighted by Crippen LogP contribution is 2.30. The number of aromatic nitrogens is 2. The van der Waals surface area contributed by atoms with Crippen LogP contribution in [0.5, 0.6) is 0 Å². The van der Waals surface area contributed by atoms with E-state index in [0.29, 0.717) is 5.92 Å². The van der Waals surface area contributed by atoms with Gasteiger partial charge in [0.2, 0.25) is 0 Å². The lowest BCUT2D eigenvalue weighted by Crippen LogP contribution is -2.43. The van der Waals surface area contributed by atoms with Crippen LogP contribution < -0.4 is 9.80 Å². The first-order chi connectivity index (χ1) is 12.7. The summed E-state index contributed by atoms with van der Waals surface area (Å²) in [6, 6.07) is 4.22. The molecule has 6 nitrogen and oxygen atoms in total. The lowest BCUT2D eigenvalue weighted by molar-refractivity contribution is -0.0174. The zero-order valence-electron chi connectivity index (χ0n) is 15.1. The van der Waals surface area contributed by atoms with Gasteiger partial charge < -0.3 is 19.6 Å². The zero-order valence-corrected chi connectivity index (χ0v) is 15.9. The summed E-state index contributed by atoms with van der Waals surface area (Å²) in [4.78, 5) is 13.6. The highest BCUT2D eigenvalue weighted by atomic mass is 32.1. The number of hydrogen-bond donors (Lipinski definition) is 1. The fraction of sp³-hybridized carbons (Fsp3) is 0.579. The van der Waals surface area contributed by atoms with Gasteiger partial charge in [0, 0.05) is 38.9 Å². The minimum Gasteiger partial charge on any atom is -0.396 e. The van der Waals surface area contributed by atoms with Crippen molar-refractivity contribution < 1.29 is 9.84 Å². The number of aliphatic hydroxyl groups is 1. The van der Waals surface area contributed by atoms with E-state index in [1.807, 2.05) is 0 Å². The van der Waals surface area contributed by atoms with Crippen molar-refractivity contribution in [2.75, 3.05) is 42.6 Å². The van der Waals surface area contributed by atoms with E-state index in [4.69, 9.17) is 4.74 Å². The first-order valence-corrected chi connectivity index (χ1v) is 10.3. The molecule has 2 saturated heterocycles. The molecule has 4 rings (SSSR count). The number of aliphatic hydroxyl groups excluding tert-OH is 1. The minimum absolute atomic E-state index is 0.0807. The van der Waals surface area contributed by atoms with E-state index in [1.165, 1.54) is 5.56 Å². The maximum Gasteiger partial charge on any atom is 0.134 e. The Morgan fingerprint density at radius 1 is 1.23 bits per heavy atom. The third kappa shape index (κ3) is 3.84. The zero-order chi connectivity index (χ0) is 17.9. The number of piperidine rings is 1. The van der Waals surface area contributed by atoms with E-state index >= 15 is 0 Å². The summed E-state index contributed by atoms with van der Waals surface area (Å²) < 4.78 is 6.14. The molecule has 0 saturated carbocycles. The Kier molecular flexibility index (Phi) is 5.38. The monoisotopic (exact) mass is 374 g/mol. The van der Waals surface area contributed by atoms with Crippen molar-refractivity contribution in [3.63, 3.8) is 0 Å². The molecule has 2 aromatic rings. The van der Waals surface area contributed by atoms with Gasteiger partial charge in [-0.1, -0.05) is 0 Å². The van der Waals surface area contributed by atoms with Crippen LogP contribution in [0.2, 0.25) is 0 Å². The molecule has 3 unspecified atom stereocenters. The molecular formula is C19H26N4O2S. The predicted molar refractivity (Wildman–Crippen MR) is 104 cm³/mol. The summed E-state index contributed by atoms with van der Waals surface area (Å²) in [7, 11) is 0. The van der Waals surface area contributed by atoms with Gasteiger partial charge in [-0.3, -0.25) is 0 Å². The summed E-state index contributed by atoms with van der Waals surface area (Å²) in [5.41, 5.74) is 1.24. The number of thiophene rings is 1. The number of morpholine rings is 1. The van der Waals surface area contributed by atoms with E-state index < -0.39 is 0 Å². The number of rotatable bonds is 4. The number of anilines is 2. The first kappa shape index (κ1) is 17.7. The van der Waals surface area contributed by atoms with Crippen LogP contribution in [0.15, 0.2) is 29.2 Å². The fourth-order valence-corrected chi connectivity index (χ4v) is 4.59. The standard InChI is InChI=1S/C19H26N4O2S/c1-14-8-23(10-17(25-14)16-4-6-26-12-16)19-7-18(20-13-21-19)22-5-2-3-15(9-22)11-24/h4,6-7,12-15,17,24H,2-3,5,8-11H2,1H3. The smallest absolute Gasteiger partial charge is 0.134 e. The van der Waals surface area contributed by atoms with Crippen molar-refractivity contribution in [1.29, 1.82) is 0 Å². The Balaban J connectivity index is 1.52. The Labute approximate surface area is 158 Å². The van der Waals surface area contributed by atoms with Crippen molar-refractivity contribution in [2.45, 2.75) is 32.0 Å². The van der Waals surface area contributed by atoms with Crippen molar-refractivity contribution >= 4 is 23.0 Å². The molecule has 2 aliphatic heterocycles. The molecule has 3 atom stereocenters. The summed E-state index contributed by atoms with van der Waals surface area (Å²) >= 11 is 1.70. The Morgan fingerprint density at radius 2 is 2.08 bits per heavy atom. The van der Waals surface area contributed by atoms with E-state index in [1.54, 1.807) is 17.7 Å². The molecule has 0 amide bonds. The number of ether oxygens (including phenoxy) is 1. The number of hydrogen-bond acceptors (Lipinski definition) is 7. The molecule has 2 aromatic heterocycles. The molecule has 0 radical (unpaired) electrons. The molecule has 140 valence electrons. The first-order valence-electron chi connectivity index (χ1n) is 9.33. The second kappa shape index (κ2) is 7.90. The molecule has 0 spiro atoms. The lowest BCUT2D eigenvalue weighted by Gasteiger charge is -2.38. The van der Waals surface area contributed by atoms with Crippen LogP contribution in [-0.4, -0.2) is 54.0 Å². The van der Waals surface area contributed by atoms with Gasteiger partial charge in [-0.15, -0.1) is 0 Å². The van der Waals surface area contributed by atoms with Crippen LogP contribution in [-0.2, 0) is 4.74 Å². The normalized spacial score (nSPS) is 26.9. The molecular weight excluding hydrogens is 348 g/mol. The molecule has 26 heavy (non-hydrogen) atoms. The SMILES string of the molecule is CC1CN(c2cc(N3CCCC(CO)C3)ncn2)CC(c2ccsc2)O1. The summed E-state index contributed by atoms with van der Waals surface area (Å²) in [6.45, 7) is 5.85. The van der Waals surface area contributed by atoms with Crippen molar-refractivity contribution in [1.82, 2.24) is 9.97 Å². The van der Waals surface area contributed by atoms with E-state index in [-0.39, 0.29) is 18.8 Å². The molecule has 7 heteroatoms. The van der Waals surface area contributed by atoms with Gasteiger partial charge in [0.15, 0.2) is 0 Å². The average Bonchev–Trinajstić information content (AvgIpc) is 3.23. The second-order valence-electron chi connectivity index (χ2n) is 7.27. The molecule has 0 bridgehead atoms. The maximum absolute atomic E-state index is 9.48. The second-order valence-corrected chi connectivity index (χ2v) is 8.05. The fourth-order valence-electron chi connectivity index (χ4n) is 3.89.